The third-order valence-electron chi connectivity index (χ3n) is 4.68. The lowest BCUT2D eigenvalue weighted by molar-refractivity contribution is 0.0674. The van der Waals surface area contributed by atoms with Crippen LogP contribution in [0.1, 0.15) is 86.5 Å². The molecule has 4 heteroatoms. The quantitative estimate of drug-likeness (QED) is 0.736. The Morgan fingerprint density at radius 1 is 1.22 bits per heavy atom. The lowest BCUT2D eigenvalue weighted by Gasteiger charge is -2.39. The first-order chi connectivity index (χ1) is 10.7. The minimum atomic E-state index is -0.282. The topological polar surface area (TPSA) is 41.6 Å². The Hall–Kier alpha value is -0.770. The summed E-state index contributed by atoms with van der Waals surface area (Å²) < 4.78 is 5.64. The van der Waals surface area contributed by atoms with Crippen molar-refractivity contribution in [2.45, 2.75) is 110 Å². The highest BCUT2D eigenvalue weighted by atomic mass is 16.6. The van der Waals surface area contributed by atoms with Gasteiger partial charge in [-0.15, -0.1) is 0 Å². The lowest BCUT2D eigenvalue weighted by atomic mass is 9.97. The molecule has 0 bridgehead atoms. The van der Waals surface area contributed by atoms with Crippen LogP contribution in [0.2, 0.25) is 0 Å². The maximum absolute atomic E-state index is 12.0. The second-order valence-electron chi connectivity index (χ2n) is 8.20. The van der Waals surface area contributed by atoms with Crippen molar-refractivity contribution < 1.29 is 9.53 Å². The summed E-state index contributed by atoms with van der Waals surface area (Å²) in [6.45, 7) is 13.9. The highest BCUT2D eigenvalue weighted by Gasteiger charge is 2.25. The number of likely N-dealkylation sites (tertiary alicyclic amines) is 1. The van der Waals surface area contributed by atoms with Crippen molar-refractivity contribution in [1.82, 2.24) is 10.2 Å². The van der Waals surface area contributed by atoms with Gasteiger partial charge in [0.2, 0.25) is 0 Å². The van der Waals surface area contributed by atoms with Gasteiger partial charge in [0.05, 0.1) is 0 Å². The first-order valence-corrected chi connectivity index (χ1v) is 9.47. The highest BCUT2D eigenvalue weighted by molar-refractivity contribution is 5.68. The minimum absolute atomic E-state index is 0.0396. The van der Waals surface area contributed by atoms with E-state index in [4.69, 9.17) is 4.74 Å². The number of ether oxygens (including phenoxy) is 1. The van der Waals surface area contributed by atoms with Gasteiger partial charge < -0.3 is 10.1 Å². The molecule has 1 aliphatic heterocycles. The van der Waals surface area contributed by atoms with E-state index < -0.39 is 0 Å². The maximum atomic E-state index is 12.0. The molecule has 1 aliphatic rings. The molecule has 1 N–H and O–H groups in total. The minimum Gasteiger partial charge on any atom is -0.446 e. The van der Waals surface area contributed by atoms with Crippen LogP contribution in [-0.2, 0) is 4.74 Å². The van der Waals surface area contributed by atoms with Crippen LogP contribution in [0.15, 0.2) is 0 Å². The van der Waals surface area contributed by atoms with Gasteiger partial charge in [-0.3, -0.25) is 4.90 Å². The Morgan fingerprint density at radius 2 is 1.83 bits per heavy atom. The number of piperidine rings is 1. The van der Waals surface area contributed by atoms with Crippen molar-refractivity contribution in [2.24, 2.45) is 0 Å². The van der Waals surface area contributed by atoms with Gasteiger partial charge in [0, 0.05) is 17.6 Å². The van der Waals surface area contributed by atoms with E-state index in [1.807, 2.05) is 20.8 Å². The number of nitrogens with zero attached hydrogens (tertiary/aromatic N) is 1. The van der Waals surface area contributed by atoms with Crippen LogP contribution in [-0.4, -0.2) is 41.3 Å². The van der Waals surface area contributed by atoms with Crippen LogP contribution in [0.4, 0.5) is 4.79 Å². The fourth-order valence-corrected chi connectivity index (χ4v) is 3.49. The van der Waals surface area contributed by atoms with Gasteiger partial charge in [0.15, 0.2) is 0 Å². The first-order valence-electron chi connectivity index (χ1n) is 9.47. The Bertz CT molecular complexity index is 342. The van der Waals surface area contributed by atoms with Crippen molar-refractivity contribution in [2.75, 3.05) is 6.54 Å². The summed E-state index contributed by atoms with van der Waals surface area (Å²) in [7, 11) is 0. The number of rotatable bonds is 7. The Kier molecular flexibility index (Phi) is 8.38. The van der Waals surface area contributed by atoms with Crippen LogP contribution in [0.25, 0.3) is 0 Å². The summed E-state index contributed by atoms with van der Waals surface area (Å²) >= 11 is 0. The number of alkyl carbamates (subject to hydrolysis) is 1. The van der Waals surface area contributed by atoms with Crippen molar-refractivity contribution >= 4 is 6.09 Å². The molecule has 136 valence electrons. The molecule has 0 aromatic carbocycles. The highest BCUT2D eigenvalue weighted by Crippen LogP contribution is 2.23. The predicted molar refractivity (Wildman–Crippen MR) is 96.8 cm³/mol. The van der Waals surface area contributed by atoms with Crippen LogP contribution >= 0.6 is 0 Å². The average Bonchev–Trinajstić information content (AvgIpc) is 2.40. The van der Waals surface area contributed by atoms with Crippen molar-refractivity contribution in [3.63, 3.8) is 0 Å². The van der Waals surface area contributed by atoms with Gasteiger partial charge in [0.1, 0.15) is 6.10 Å². The van der Waals surface area contributed by atoms with Crippen molar-refractivity contribution in [3.8, 4) is 0 Å². The number of hydrogen-bond donors (Lipinski definition) is 1. The second-order valence-corrected chi connectivity index (χ2v) is 8.20. The summed E-state index contributed by atoms with van der Waals surface area (Å²) in [6.07, 6.45) is 7.79. The number of hydrogen-bond acceptors (Lipinski definition) is 3. The van der Waals surface area contributed by atoms with Crippen molar-refractivity contribution in [1.29, 1.82) is 0 Å². The number of carbonyl (C=O) groups is 1. The predicted octanol–water partition coefficient (Wildman–Crippen LogP) is 4.72. The smallest absolute Gasteiger partial charge is 0.407 e. The molecule has 0 saturated carbocycles. The monoisotopic (exact) mass is 326 g/mol. The fraction of sp³-hybridized carbons (Fsp3) is 0.947. The molecule has 2 unspecified atom stereocenters. The van der Waals surface area contributed by atoms with Crippen LogP contribution in [0.3, 0.4) is 0 Å². The van der Waals surface area contributed by atoms with Gasteiger partial charge in [-0.25, -0.2) is 4.79 Å². The van der Waals surface area contributed by atoms with Gasteiger partial charge in [-0.1, -0.05) is 19.8 Å². The van der Waals surface area contributed by atoms with Gasteiger partial charge in [0.25, 0.3) is 0 Å². The molecule has 1 rings (SSSR count). The lowest BCUT2D eigenvalue weighted by Crippen LogP contribution is -2.44. The second kappa shape index (κ2) is 9.51. The molecular formula is C19H38N2O2. The summed E-state index contributed by atoms with van der Waals surface area (Å²) in [5.41, 5.74) is -0.244. The Morgan fingerprint density at radius 3 is 2.35 bits per heavy atom. The zero-order valence-electron chi connectivity index (χ0n) is 16.2. The first kappa shape index (κ1) is 20.3. The molecule has 0 radical (unpaired) electrons. The van der Waals surface area contributed by atoms with E-state index in [0.717, 1.165) is 32.2 Å². The van der Waals surface area contributed by atoms with Crippen LogP contribution < -0.4 is 5.32 Å². The van der Waals surface area contributed by atoms with E-state index in [-0.39, 0.29) is 17.7 Å². The summed E-state index contributed by atoms with van der Waals surface area (Å²) in [6, 6.07) is 1.38. The van der Waals surface area contributed by atoms with Crippen LogP contribution in [0, 0.1) is 0 Å². The van der Waals surface area contributed by atoms with Crippen molar-refractivity contribution in [3.05, 3.63) is 0 Å². The summed E-state index contributed by atoms with van der Waals surface area (Å²) in [5, 5.41) is 2.89. The van der Waals surface area contributed by atoms with E-state index in [1.165, 1.54) is 19.3 Å². The number of carbonyl (C=O) groups excluding carboxylic acids is 1. The molecule has 4 nitrogen and oxygen atoms in total. The molecule has 1 fully saturated rings. The molecular weight excluding hydrogens is 288 g/mol. The third-order valence-corrected chi connectivity index (χ3v) is 4.68. The SMILES string of the molecule is CCC[C@@H](CCCN1C(C)CCCC1C)OC(=O)NC(C)(C)C. The largest absolute Gasteiger partial charge is 0.446 e. The molecule has 0 aromatic rings. The van der Waals surface area contributed by atoms with E-state index in [0.29, 0.717) is 12.1 Å². The molecule has 3 atom stereocenters. The Balaban J connectivity index is 2.39. The average molecular weight is 327 g/mol. The standard InChI is InChI=1S/C19H38N2O2/c1-7-10-17(23-18(22)20-19(4,5)6)13-9-14-21-15(2)11-8-12-16(21)3/h15-17H,7-14H2,1-6H3,(H,20,22)/t15?,16?,17-/m0/s1. The van der Waals surface area contributed by atoms with Crippen LogP contribution in [0.5, 0.6) is 0 Å². The molecule has 1 amide bonds. The van der Waals surface area contributed by atoms with E-state index in [1.54, 1.807) is 0 Å². The molecule has 1 saturated heterocycles. The fourth-order valence-electron chi connectivity index (χ4n) is 3.49. The zero-order valence-corrected chi connectivity index (χ0v) is 16.2. The molecule has 1 heterocycles. The molecule has 23 heavy (non-hydrogen) atoms. The van der Waals surface area contributed by atoms with Gasteiger partial charge >= 0.3 is 6.09 Å². The molecule has 0 spiro atoms. The molecule has 0 aliphatic carbocycles. The van der Waals surface area contributed by atoms with E-state index in [2.05, 4.69) is 31.0 Å². The van der Waals surface area contributed by atoms with Gasteiger partial charge in [-0.05, 0) is 73.3 Å². The summed E-state index contributed by atoms with van der Waals surface area (Å²) in [4.78, 5) is 14.6. The van der Waals surface area contributed by atoms with Gasteiger partial charge in [-0.2, -0.15) is 0 Å². The maximum Gasteiger partial charge on any atom is 0.407 e. The van der Waals surface area contributed by atoms with E-state index in [9.17, 15) is 4.79 Å². The van der Waals surface area contributed by atoms with E-state index >= 15 is 0 Å². The summed E-state index contributed by atoms with van der Waals surface area (Å²) in [5.74, 6) is 0. The number of nitrogens with one attached hydrogen (secondary N) is 1. The Labute approximate surface area is 143 Å². The number of amides is 1. The molecule has 0 aromatic heterocycles. The zero-order chi connectivity index (χ0) is 17.5. The normalized spacial score (nSPS) is 24.3. The third kappa shape index (κ3) is 8.05.